The van der Waals surface area contributed by atoms with E-state index in [1.54, 1.807) is 0 Å². The molecule has 1 aliphatic heterocycles. The van der Waals surface area contributed by atoms with E-state index in [-0.39, 0.29) is 12.8 Å². The highest BCUT2D eigenvalue weighted by molar-refractivity contribution is 9.10. The molecule has 0 aliphatic carbocycles. The zero-order valence-electron chi connectivity index (χ0n) is 12.3. The van der Waals surface area contributed by atoms with E-state index < -0.39 is 0 Å². The van der Waals surface area contributed by atoms with Gasteiger partial charge < -0.3 is 9.84 Å². The lowest BCUT2D eigenvalue weighted by Gasteiger charge is -2.23. The van der Waals surface area contributed by atoms with Crippen molar-refractivity contribution in [3.63, 3.8) is 0 Å². The van der Waals surface area contributed by atoms with Crippen molar-refractivity contribution < 1.29 is 9.84 Å². The average molecular weight is 353 g/mol. The van der Waals surface area contributed by atoms with Gasteiger partial charge in [-0.3, -0.25) is 0 Å². The van der Waals surface area contributed by atoms with Crippen LogP contribution in [-0.2, 0) is 11.2 Å². The first-order valence-corrected chi connectivity index (χ1v) is 8.39. The number of aliphatic hydroxyl groups is 1. The summed E-state index contributed by atoms with van der Waals surface area (Å²) in [6, 6.07) is 2.19. The van der Waals surface area contributed by atoms with Crippen molar-refractivity contribution in [2.45, 2.75) is 45.3 Å². The monoisotopic (exact) mass is 352 g/mol. The number of halogens is 1. The van der Waals surface area contributed by atoms with Gasteiger partial charge in [-0.25, -0.2) is 4.68 Å². The molecule has 1 aromatic heterocycles. The number of aliphatic hydroxyl groups excluding tert-OH is 1. The van der Waals surface area contributed by atoms with Crippen LogP contribution in [0.3, 0.4) is 0 Å². The zero-order valence-corrected chi connectivity index (χ0v) is 13.9. The lowest BCUT2D eigenvalue weighted by molar-refractivity contribution is -0.0366. The fourth-order valence-electron chi connectivity index (χ4n) is 3.02. The lowest BCUT2D eigenvalue weighted by Crippen LogP contribution is -2.19. The first-order valence-electron chi connectivity index (χ1n) is 7.60. The molecular formula is C16H21BrN2O2. The molecule has 1 fully saturated rings. The first-order chi connectivity index (χ1) is 10.2. The standard InChI is InChI=1S/C16H21BrN2O2/c1-11-9-14-13(16(17)12(11)5-4-7-20)10-18-19(14)15-6-2-3-8-21-15/h9-10,15,20H,2-8H2,1H3. The Bertz CT molecular complexity index is 633. The van der Waals surface area contributed by atoms with Gasteiger partial charge in [-0.05, 0) is 72.2 Å². The molecule has 1 aliphatic rings. The third kappa shape index (κ3) is 2.87. The number of nitrogens with zero attached hydrogens (tertiary/aromatic N) is 2. The summed E-state index contributed by atoms with van der Waals surface area (Å²) in [5.74, 6) is 0. The van der Waals surface area contributed by atoms with Crippen LogP contribution in [0.5, 0.6) is 0 Å². The fourth-order valence-corrected chi connectivity index (χ4v) is 3.84. The number of aryl methyl sites for hydroxylation is 1. The van der Waals surface area contributed by atoms with Crippen LogP contribution in [0.15, 0.2) is 16.7 Å². The molecule has 1 N–H and O–H groups in total. The van der Waals surface area contributed by atoms with Crippen LogP contribution >= 0.6 is 15.9 Å². The maximum absolute atomic E-state index is 9.05. The van der Waals surface area contributed by atoms with Crippen molar-refractivity contribution in [3.05, 3.63) is 27.9 Å². The Morgan fingerprint density at radius 1 is 1.48 bits per heavy atom. The Labute approximate surface area is 133 Å². The molecule has 1 unspecified atom stereocenters. The molecular weight excluding hydrogens is 332 g/mol. The second-order valence-corrected chi connectivity index (χ2v) is 6.45. The van der Waals surface area contributed by atoms with Crippen molar-refractivity contribution in [1.29, 1.82) is 0 Å². The fraction of sp³-hybridized carbons (Fsp3) is 0.562. The molecule has 0 spiro atoms. The minimum absolute atomic E-state index is 0.0610. The molecule has 0 saturated carbocycles. The molecule has 1 saturated heterocycles. The Hall–Kier alpha value is -0.910. The van der Waals surface area contributed by atoms with Gasteiger partial charge in [0.05, 0.1) is 11.7 Å². The van der Waals surface area contributed by atoms with E-state index in [9.17, 15) is 0 Å². The Kier molecular flexibility index (Phi) is 4.62. The summed E-state index contributed by atoms with van der Waals surface area (Å²) in [6.07, 6.45) is 7.00. The largest absolute Gasteiger partial charge is 0.396 e. The molecule has 0 bridgehead atoms. The quantitative estimate of drug-likeness (QED) is 0.911. The summed E-state index contributed by atoms with van der Waals surface area (Å²) in [5, 5.41) is 14.7. The van der Waals surface area contributed by atoms with E-state index in [1.807, 2.05) is 10.9 Å². The van der Waals surface area contributed by atoms with Gasteiger partial charge in [0, 0.05) is 23.1 Å². The predicted molar refractivity (Wildman–Crippen MR) is 86.4 cm³/mol. The number of rotatable bonds is 4. The van der Waals surface area contributed by atoms with Gasteiger partial charge in [-0.1, -0.05) is 0 Å². The summed E-state index contributed by atoms with van der Waals surface area (Å²) < 4.78 is 8.98. The second kappa shape index (κ2) is 6.46. The SMILES string of the molecule is Cc1cc2c(cnn2C2CCCCO2)c(Br)c1CCCO. The van der Waals surface area contributed by atoms with E-state index >= 15 is 0 Å². The van der Waals surface area contributed by atoms with E-state index in [2.05, 4.69) is 34.0 Å². The maximum atomic E-state index is 9.05. The van der Waals surface area contributed by atoms with Crippen molar-refractivity contribution in [2.75, 3.05) is 13.2 Å². The molecule has 2 aromatic rings. The van der Waals surface area contributed by atoms with E-state index in [1.165, 1.54) is 17.5 Å². The van der Waals surface area contributed by atoms with Crippen LogP contribution < -0.4 is 0 Å². The highest BCUT2D eigenvalue weighted by Gasteiger charge is 2.20. The molecule has 1 atom stereocenters. The topological polar surface area (TPSA) is 47.3 Å². The smallest absolute Gasteiger partial charge is 0.150 e. The molecule has 4 nitrogen and oxygen atoms in total. The molecule has 0 radical (unpaired) electrons. The highest BCUT2D eigenvalue weighted by atomic mass is 79.9. The van der Waals surface area contributed by atoms with Crippen LogP contribution in [0.25, 0.3) is 10.9 Å². The van der Waals surface area contributed by atoms with Gasteiger partial charge in [0.2, 0.25) is 0 Å². The minimum Gasteiger partial charge on any atom is -0.396 e. The van der Waals surface area contributed by atoms with Crippen LogP contribution in [0.4, 0.5) is 0 Å². The van der Waals surface area contributed by atoms with Gasteiger partial charge in [0.1, 0.15) is 0 Å². The summed E-state index contributed by atoms with van der Waals surface area (Å²) in [6.45, 7) is 3.16. The Balaban J connectivity index is 2.02. The molecule has 0 amide bonds. The van der Waals surface area contributed by atoms with E-state index in [4.69, 9.17) is 9.84 Å². The van der Waals surface area contributed by atoms with Crippen LogP contribution in [0.2, 0.25) is 0 Å². The van der Waals surface area contributed by atoms with Crippen LogP contribution in [0, 0.1) is 6.92 Å². The van der Waals surface area contributed by atoms with Crippen molar-refractivity contribution in [1.82, 2.24) is 9.78 Å². The second-order valence-electron chi connectivity index (χ2n) is 5.66. The van der Waals surface area contributed by atoms with E-state index in [0.717, 1.165) is 47.7 Å². The number of hydrogen-bond acceptors (Lipinski definition) is 3. The number of benzene rings is 1. The Morgan fingerprint density at radius 2 is 2.33 bits per heavy atom. The summed E-state index contributed by atoms with van der Waals surface area (Å²) in [5.41, 5.74) is 3.63. The molecule has 114 valence electrons. The molecule has 5 heteroatoms. The van der Waals surface area contributed by atoms with E-state index in [0.29, 0.717) is 0 Å². The third-order valence-corrected chi connectivity index (χ3v) is 5.08. The van der Waals surface area contributed by atoms with Crippen LogP contribution in [0.1, 0.15) is 43.0 Å². The molecule has 3 rings (SSSR count). The average Bonchev–Trinajstić information content (AvgIpc) is 2.92. The van der Waals surface area contributed by atoms with Crippen molar-refractivity contribution >= 4 is 26.8 Å². The third-order valence-electron chi connectivity index (χ3n) is 4.18. The molecule has 2 heterocycles. The highest BCUT2D eigenvalue weighted by Crippen LogP contribution is 2.34. The first kappa shape index (κ1) is 15.0. The lowest BCUT2D eigenvalue weighted by atomic mass is 10.0. The minimum atomic E-state index is 0.0610. The number of hydrogen-bond donors (Lipinski definition) is 1. The van der Waals surface area contributed by atoms with Gasteiger partial charge in [-0.2, -0.15) is 5.10 Å². The normalized spacial score (nSPS) is 19.3. The van der Waals surface area contributed by atoms with Crippen molar-refractivity contribution in [2.24, 2.45) is 0 Å². The maximum Gasteiger partial charge on any atom is 0.150 e. The number of ether oxygens (including phenoxy) is 1. The summed E-state index contributed by atoms with van der Waals surface area (Å²) in [7, 11) is 0. The Morgan fingerprint density at radius 3 is 3.05 bits per heavy atom. The summed E-state index contributed by atoms with van der Waals surface area (Å²) in [4.78, 5) is 0. The predicted octanol–water partition coefficient (Wildman–Crippen LogP) is 3.73. The molecule has 1 aromatic carbocycles. The van der Waals surface area contributed by atoms with Gasteiger partial charge in [-0.15, -0.1) is 0 Å². The van der Waals surface area contributed by atoms with Crippen LogP contribution in [-0.4, -0.2) is 28.1 Å². The van der Waals surface area contributed by atoms with Gasteiger partial charge in [0.15, 0.2) is 6.23 Å². The number of aromatic nitrogens is 2. The van der Waals surface area contributed by atoms with Gasteiger partial charge >= 0.3 is 0 Å². The van der Waals surface area contributed by atoms with Gasteiger partial charge in [0.25, 0.3) is 0 Å². The van der Waals surface area contributed by atoms with Crippen molar-refractivity contribution in [3.8, 4) is 0 Å². The summed E-state index contributed by atoms with van der Waals surface area (Å²) >= 11 is 3.72. The molecule has 21 heavy (non-hydrogen) atoms. The number of fused-ring (bicyclic) bond motifs is 1. The zero-order chi connectivity index (χ0) is 14.8.